The monoisotopic (exact) mass is 250 g/mol. The predicted molar refractivity (Wildman–Crippen MR) is 72.2 cm³/mol. The van der Waals surface area contributed by atoms with Crippen molar-refractivity contribution in [1.82, 2.24) is 10.6 Å². The molecule has 0 aliphatic carbocycles. The molecule has 0 aliphatic rings. The van der Waals surface area contributed by atoms with E-state index in [2.05, 4.69) is 22.8 Å². The Balaban J connectivity index is 2.32. The van der Waals surface area contributed by atoms with Crippen molar-refractivity contribution in [3.05, 3.63) is 35.4 Å². The number of hydrogen-bond donors (Lipinski definition) is 2. The molecule has 0 spiro atoms. The number of nitrogens with one attached hydrogen (secondary N) is 2. The predicted octanol–water partition coefficient (Wildman–Crippen LogP) is 1.45. The maximum absolute atomic E-state index is 11.3. The molecule has 2 N–H and O–H groups in total. The van der Waals surface area contributed by atoms with Crippen LogP contribution in [0.2, 0.25) is 0 Å². The molecule has 1 rings (SSSR count). The van der Waals surface area contributed by atoms with Gasteiger partial charge in [-0.25, -0.2) is 0 Å². The van der Waals surface area contributed by atoms with Gasteiger partial charge in [-0.3, -0.25) is 4.79 Å². The van der Waals surface area contributed by atoms with E-state index in [0.29, 0.717) is 26.1 Å². The normalized spacial score (nSPS) is 10.3. The zero-order valence-corrected chi connectivity index (χ0v) is 11.2. The third-order valence-electron chi connectivity index (χ3n) is 2.64. The van der Waals surface area contributed by atoms with E-state index >= 15 is 0 Å². The summed E-state index contributed by atoms with van der Waals surface area (Å²) < 4.78 is 5.15. The summed E-state index contributed by atoms with van der Waals surface area (Å²) in [6.45, 7) is 4.68. The average molecular weight is 250 g/mol. The fourth-order valence-electron chi connectivity index (χ4n) is 1.74. The first kappa shape index (κ1) is 14.7. The molecule has 0 fully saturated rings. The molecule has 100 valence electrons. The summed E-state index contributed by atoms with van der Waals surface area (Å²) in [4.78, 5) is 11.3. The molecule has 4 nitrogen and oxygen atoms in total. The lowest BCUT2D eigenvalue weighted by molar-refractivity contribution is -0.120. The van der Waals surface area contributed by atoms with Gasteiger partial charge in [-0.1, -0.05) is 24.3 Å². The van der Waals surface area contributed by atoms with Crippen LogP contribution in [0, 0.1) is 0 Å². The second-order valence-corrected chi connectivity index (χ2v) is 4.08. The van der Waals surface area contributed by atoms with Gasteiger partial charge in [0.25, 0.3) is 0 Å². The van der Waals surface area contributed by atoms with E-state index in [1.165, 1.54) is 11.1 Å². The summed E-state index contributed by atoms with van der Waals surface area (Å²) in [6.07, 6.45) is 0.514. The third kappa shape index (κ3) is 5.29. The molecule has 0 radical (unpaired) electrons. The SMILES string of the molecule is CCNC(=O)CCNCc1ccccc1COC. The highest BCUT2D eigenvalue weighted by atomic mass is 16.5. The van der Waals surface area contributed by atoms with Crippen molar-refractivity contribution in [3.8, 4) is 0 Å². The number of hydrogen-bond acceptors (Lipinski definition) is 3. The van der Waals surface area contributed by atoms with Crippen LogP contribution >= 0.6 is 0 Å². The van der Waals surface area contributed by atoms with Crippen LogP contribution in [0.1, 0.15) is 24.5 Å². The highest BCUT2D eigenvalue weighted by Crippen LogP contribution is 2.09. The maximum Gasteiger partial charge on any atom is 0.221 e. The number of amides is 1. The minimum absolute atomic E-state index is 0.0928. The van der Waals surface area contributed by atoms with Crippen molar-refractivity contribution < 1.29 is 9.53 Å². The summed E-state index contributed by atoms with van der Waals surface area (Å²) in [5.74, 6) is 0.0928. The maximum atomic E-state index is 11.3. The van der Waals surface area contributed by atoms with Crippen LogP contribution in [0.15, 0.2) is 24.3 Å². The van der Waals surface area contributed by atoms with Crippen molar-refractivity contribution in [2.75, 3.05) is 20.2 Å². The van der Waals surface area contributed by atoms with Gasteiger partial charge in [0, 0.05) is 33.2 Å². The number of rotatable bonds is 8. The van der Waals surface area contributed by atoms with Gasteiger partial charge in [-0.2, -0.15) is 0 Å². The van der Waals surface area contributed by atoms with Gasteiger partial charge in [0.2, 0.25) is 5.91 Å². The molecular weight excluding hydrogens is 228 g/mol. The molecular formula is C14H22N2O2. The quantitative estimate of drug-likeness (QED) is 0.687. The van der Waals surface area contributed by atoms with Crippen molar-refractivity contribution >= 4 is 5.91 Å². The van der Waals surface area contributed by atoms with Gasteiger partial charge >= 0.3 is 0 Å². The van der Waals surface area contributed by atoms with E-state index < -0.39 is 0 Å². The first-order chi connectivity index (χ1) is 8.77. The summed E-state index contributed by atoms with van der Waals surface area (Å²) in [7, 11) is 1.69. The molecule has 1 aromatic rings. The number of carbonyl (C=O) groups excluding carboxylic acids is 1. The largest absolute Gasteiger partial charge is 0.380 e. The molecule has 0 aromatic heterocycles. The highest BCUT2D eigenvalue weighted by Gasteiger charge is 2.02. The topological polar surface area (TPSA) is 50.4 Å². The van der Waals surface area contributed by atoms with E-state index in [1.54, 1.807) is 7.11 Å². The van der Waals surface area contributed by atoms with Gasteiger partial charge in [0.05, 0.1) is 6.61 Å². The van der Waals surface area contributed by atoms with Gasteiger partial charge in [0.15, 0.2) is 0 Å². The van der Waals surface area contributed by atoms with Crippen LogP contribution in [0.3, 0.4) is 0 Å². The van der Waals surface area contributed by atoms with E-state index in [0.717, 1.165) is 6.54 Å². The third-order valence-corrected chi connectivity index (χ3v) is 2.64. The molecule has 0 heterocycles. The molecule has 0 atom stereocenters. The Bertz CT molecular complexity index is 367. The van der Waals surface area contributed by atoms with E-state index in [1.807, 2.05) is 19.1 Å². The fraction of sp³-hybridized carbons (Fsp3) is 0.500. The summed E-state index contributed by atoms with van der Waals surface area (Å²) in [6, 6.07) is 8.16. The average Bonchev–Trinajstić information content (AvgIpc) is 2.37. The van der Waals surface area contributed by atoms with Gasteiger partial charge in [0.1, 0.15) is 0 Å². The van der Waals surface area contributed by atoms with E-state index in [4.69, 9.17) is 4.74 Å². The summed E-state index contributed by atoms with van der Waals surface area (Å²) >= 11 is 0. The standard InChI is InChI=1S/C14H22N2O2/c1-3-16-14(17)8-9-15-10-12-6-4-5-7-13(12)11-18-2/h4-7,15H,3,8-11H2,1-2H3,(H,16,17). The second-order valence-electron chi connectivity index (χ2n) is 4.08. The van der Waals surface area contributed by atoms with Crippen molar-refractivity contribution in [3.63, 3.8) is 0 Å². The van der Waals surface area contributed by atoms with Crippen molar-refractivity contribution in [1.29, 1.82) is 0 Å². The second kappa shape index (κ2) is 8.66. The summed E-state index contributed by atoms with van der Waals surface area (Å²) in [5.41, 5.74) is 2.40. The van der Waals surface area contributed by atoms with Gasteiger partial charge < -0.3 is 15.4 Å². The minimum atomic E-state index is 0.0928. The molecule has 18 heavy (non-hydrogen) atoms. The van der Waals surface area contributed by atoms with Crippen LogP contribution in [0.4, 0.5) is 0 Å². The zero-order valence-electron chi connectivity index (χ0n) is 11.2. The molecule has 0 saturated heterocycles. The minimum Gasteiger partial charge on any atom is -0.380 e. The van der Waals surface area contributed by atoms with Crippen LogP contribution < -0.4 is 10.6 Å². The Morgan fingerprint density at radius 2 is 2.00 bits per heavy atom. The van der Waals surface area contributed by atoms with Crippen molar-refractivity contribution in [2.45, 2.75) is 26.5 Å². The Kier molecular flexibility index (Phi) is 7.06. The molecule has 1 aromatic carbocycles. The molecule has 4 heteroatoms. The van der Waals surface area contributed by atoms with Gasteiger partial charge in [-0.15, -0.1) is 0 Å². The highest BCUT2D eigenvalue weighted by molar-refractivity contribution is 5.75. The number of benzene rings is 1. The van der Waals surface area contributed by atoms with Crippen molar-refractivity contribution in [2.24, 2.45) is 0 Å². The Labute approximate surface area is 109 Å². The Morgan fingerprint density at radius 1 is 1.28 bits per heavy atom. The van der Waals surface area contributed by atoms with Crippen LogP contribution in [0.25, 0.3) is 0 Å². The number of carbonyl (C=O) groups is 1. The number of ether oxygens (including phenoxy) is 1. The Morgan fingerprint density at radius 3 is 2.67 bits per heavy atom. The molecule has 0 aliphatic heterocycles. The number of methoxy groups -OCH3 is 1. The first-order valence-electron chi connectivity index (χ1n) is 6.31. The lowest BCUT2D eigenvalue weighted by atomic mass is 10.1. The lowest BCUT2D eigenvalue weighted by Crippen LogP contribution is -2.27. The molecule has 0 saturated carbocycles. The smallest absolute Gasteiger partial charge is 0.221 e. The van der Waals surface area contributed by atoms with Crippen LogP contribution in [0.5, 0.6) is 0 Å². The van der Waals surface area contributed by atoms with E-state index in [9.17, 15) is 4.79 Å². The van der Waals surface area contributed by atoms with Crippen LogP contribution in [-0.2, 0) is 22.7 Å². The Hall–Kier alpha value is -1.39. The van der Waals surface area contributed by atoms with E-state index in [-0.39, 0.29) is 5.91 Å². The molecule has 0 unspecified atom stereocenters. The molecule has 0 bridgehead atoms. The first-order valence-corrected chi connectivity index (χ1v) is 6.31. The van der Waals surface area contributed by atoms with Crippen LogP contribution in [-0.4, -0.2) is 26.1 Å². The zero-order chi connectivity index (χ0) is 13.2. The van der Waals surface area contributed by atoms with Gasteiger partial charge in [-0.05, 0) is 18.1 Å². The fourth-order valence-corrected chi connectivity index (χ4v) is 1.74. The molecule has 1 amide bonds. The summed E-state index contributed by atoms with van der Waals surface area (Å²) in [5, 5.41) is 6.05. The lowest BCUT2D eigenvalue weighted by Gasteiger charge is -2.09.